The lowest BCUT2D eigenvalue weighted by molar-refractivity contribution is 0.459. The normalized spacial score (nSPS) is 12.2. The van der Waals surface area contributed by atoms with Gasteiger partial charge in [0, 0.05) is 6.20 Å². The standard InChI is InChI=1S/C13H8N4O/c1-2-5-9-8(4-1)15-12-13(16-9)18-10-6-3-7-14-11(10)17-12/h1-7H,(H,14,15,17). The van der Waals surface area contributed by atoms with E-state index < -0.39 is 0 Å². The van der Waals surface area contributed by atoms with Gasteiger partial charge in [-0.05, 0) is 24.3 Å². The highest BCUT2D eigenvalue weighted by Crippen LogP contribution is 2.38. The number of nitrogens with one attached hydrogen (secondary N) is 1. The number of benzene rings is 1. The second kappa shape index (κ2) is 3.40. The van der Waals surface area contributed by atoms with Crippen molar-refractivity contribution in [1.82, 2.24) is 15.0 Å². The molecule has 2 aromatic heterocycles. The third-order valence-corrected chi connectivity index (χ3v) is 2.75. The predicted octanol–water partition coefficient (Wildman–Crippen LogP) is 2.87. The Morgan fingerprint density at radius 3 is 2.61 bits per heavy atom. The summed E-state index contributed by atoms with van der Waals surface area (Å²) in [5, 5.41) is 3.12. The monoisotopic (exact) mass is 236 g/mol. The highest BCUT2D eigenvalue weighted by Gasteiger charge is 2.20. The number of nitrogens with zero attached hydrogens (tertiary/aromatic N) is 3. The van der Waals surface area contributed by atoms with Crippen LogP contribution in [0.3, 0.4) is 0 Å². The minimum Gasteiger partial charge on any atom is -0.432 e. The second-order valence-electron chi connectivity index (χ2n) is 3.94. The average Bonchev–Trinajstić information content (AvgIpc) is 2.42. The first kappa shape index (κ1) is 9.35. The van der Waals surface area contributed by atoms with Crippen molar-refractivity contribution >= 4 is 22.7 Å². The first-order valence-electron chi connectivity index (χ1n) is 5.57. The second-order valence-corrected chi connectivity index (χ2v) is 3.94. The van der Waals surface area contributed by atoms with Gasteiger partial charge in [-0.25, -0.2) is 15.0 Å². The summed E-state index contributed by atoms with van der Waals surface area (Å²) in [7, 11) is 0. The van der Waals surface area contributed by atoms with Gasteiger partial charge in [0.25, 0.3) is 5.88 Å². The molecule has 0 saturated carbocycles. The number of hydrogen-bond donors (Lipinski definition) is 1. The minimum absolute atomic E-state index is 0.481. The fourth-order valence-electron chi connectivity index (χ4n) is 1.92. The Balaban J connectivity index is 1.92. The van der Waals surface area contributed by atoms with Crippen LogP contribution >= 0.6 is 0 Å². The maximum Gasteiger partial charge on any atom is 0.264 e. The smallest absolute Gasteiger partial charge is 0.264 e. The quantitative estimate of drug-likeness (QED) is 0.508. The number of hydrogen-bond acceptors (Lipinski definition) is 5. The molecule has 0 radical (unpaired) electrons. The van der Waals surface area contributed by atoms with E-state index in [4.69, 9.17) is 4.74 Å². The van der Waals surface area contributed by atoms with Crippen molar-refractivity contribution < 1.29 is 4.74 Å². The summed E-state index contributed by atoms with van der Waals surface area (Å²) in [6.45, 7) is 0. The van der Waals surface area contributed by atoms with Crippen LogP contribution in [0.5, 0.6) is 11.6 Å². The molecule has 1 aromatic carbocycles. The molecule has 0 amide bonds. The summed E-state index contributed by atoms with van der Waals surface area (Å²) < 4.78 is 5.69. The van der Waals surface area contributed by atoms with Crippen molar-refractivity contribution in [2.75, 3.05) is 5.32 Å². The molecular formula is C13H8N4O. The van der Waals surface area contributed by atoms with E-state index in [-0.39, 0.29) is 0 Å². The van der Waals surface area contributed by atoms with Crippen LogP contribution in [0.4, 0.5) is 11.6 Å². The molecular weight excluding hydrogens is 228 g/mol. The molecule has 0 saturated heterocycles. The molecule has 1 N–H and O–H groups in total. The maximum absolute atomic E-state index is 5.69. The molecule has 5 nitrogen and oxygen atoms in total. The van der Waals surface area contributed by atoms with Crippen LogP contribution in [0.25, 0.3) is 11.0 Å². The molecule has 1 aliphatic heterocycles. The van der Waals surface area contributed by atoms with Crippen LogP contribution in [0.2, 0.25) is 0 Å². The molecule has 0 aliphatic carbocycles. The van der Waals surface area contributed by atoms with Crippen molar-refractivity contribution in [2.45, 2.75) is 0 Å². The number of rotatable bonds is 0. The molecule has 5 heteroatoms. The van der Waals surface area contributed by atoms with Gasteiger partial charge < -0.3 is 10.1 Å². The van der Waals surface area contributed by atoms with Crippen LogP contribution in [0.1, 0.15) is 0 Å². The molecule has 0 fully saturated rings. The summed E-state index contributed by atoms with van der Waals surface area (Å²) in [5.74, 6) is 2.40. The zero-order valence-corrected chi connectivity index (χ0v) is 9.29. The van der Waals surface area contributed by atoms with Crippen molar-refractivity contribution in [2.24, 2.45) is 0 Å². The Bertz CT molecular complexity index is 693. The predicted molar refractivity (Wildman–Crippen MR) is 67.1 cm³/mol. The van der Waals surface area contributed by atoms with Crippen molar-refractivity contribution in [3.05, 3.63) is 42.6 Å². The van der Waals surface area contributed by atoms with E-state index in [0.717, 1.165) is 11.0 Å². The van der Waals surface area contributed by atoms with E-state index in [1.807, 2.05) is 36.4 Å². The van der Waals surface area contributed by atoms with Gasteiger partial charge in [0.15, 0.2) is 17.4 Å². The summed E-state index contributed by atoms with van der Waals surface area (Å²) in [6, 6.07) is 11.3. The van der Waals surface area contributed by atoms with Gasteiger partial charge in [0.1, 0.15) is 0 Å². The van der Waals surface area contributed by atoms with Crippen LogP contribution < -0.4 is 10.1 Å². The Morgan fingerprint density at radius 2 is 1.72 bits per heavy atom. The van der Waals surface area contributed by atoms with E-state index in [2.05, 4.69) is 20.3 Å². The lowest BCUT2D eigenvalue weighted by Gasteiger charge is -2.18. The first-order chi connectivity index (χ1) is 8.90. The van der Waals surface area contributed by atoms with Crippen molar-refractivity contribution in [3.8, 4) is 11.6 Å². The van der Waals surface area contributed by atoms with E-state index in [1.54, 1.807) is 6.20 Å². The number of anilines is 2. The summed E-state index contributed by atoms with van der Waals surface area (Å²) in [5.41, 5.74) is 1.64. The molecule has 0 atom stereocenters. The Kier molecular flexibility index (Phi) is 1.77. The van der Waals surface area contributed by atoms with Crippen LogP contribution in [-0.2, 0) is 0 Å². The average molecular weight is 236 g/mol. The highest BCUT2D eigenvalue weighted by molar-refractivity contribution is 5.80. The lowest BCUT2D eigenvalue weighted by Crippen LogP contribution is -2.07. The molecule has 3 heterocycles. The van der Waals surface area contributed by atoms with Gasteiger partial charge in [0.2, 0.25) is 0 Å². The molecule has 0 spiro atoms. The van der Waals surface area contributed by atoms with E-state index in [9.17, 15) is 0 Å². The zero-order valence-electron chi connectivity index (χ0n) is 9.29. The molecule has 18 heavy (non-hydrogen) atoms. The van der Waals surface area contributed by atoms with E-state index in [1.165, 1.54) is 0 Å². The fraction of sp³-hybridized carbons (Fsp3) is 0. The van der Waals surface area contributed by atoms with Gasteiger partial charge in [0.05, 0.1) is 11.0 Å². The molecule has 0 bridgehead atoms. The highest BCUT2D eigenvalue weighted by atomic mass is 16.5. The topological polar surface area (TPSA) is 59.9 Å². The van der Waals surface area contributed by atoms with Crippen LogP contribution in [0.15, 0.2) is 42.6 Å². The van der Waals surface area contributed by atoms with Crippen LogP contribution in [0, 0.1) is 0 Å². The number of pyridine rings is 1. The van der Waals surface area contributed by atoms with Crippen molar-refractivity contribution in [1.29, 1.82) is 0 Å². The number of ether oxygens (including phenoxy) is 1. The Hall–Kier alpha value is -2.69. The number of aromatic nitrogens is 3. The number of para-hydroxylation sites is 2. The summed E-state index contributed by atoms with van der Waals surface area (Å²) >= 11 is 0. The molecule has 4 rings (SSSR count). The SMILES string of the molecule is c1cnc2c(c1)Oc1nc3ccccc3nc1N2. The number of fused-ring (bicyclic) bond motifs is 3. The van der Waals surface area contributed by atoms with E-state index >= 15 is 0 Å². The van der Waals surface area contributed by atoms with Gasteiger partial charge in [-0.2, -0.15) is 0 Å². The maximum atomic E-state index is 5.69. The molecule has 0 unspecified atom stereocenters. The van der Waals surface area contributed by atoms with Gasteiger partial charge in [-0.15, -0.1) is 0 Å². The lowest BCUT2D eigenvalue weighted by atomic mass is 10.3. The fourth-order valence-corrected chi connectivity index (χ4v) is 1.92. The first-order valence-corrected chi connectivity index (χ1v) is 5.57. The molecule has 1 aliphatic rings. The summed E-state index contributed by atoms with van der Waals surface area (Å²) in [6.07, 6.45) is 1.70. The summed E-state index contributed by atoms with van der Waals surface area (Å²) in [4.78, 5) is 13.1. The van der Waals surface area contributed by atoms with Crippen molar-refractivity contribution in [3.63, 3.8) is 0 Å². The van der Waals surface area contributed by atoms with Gasteiger partial charge in [-0.1, -0.05) is 12.1 Å². The largest absolute Gasteiger partial charge is 0.432 e. The molecule has 3 aromatic rings. The third-order valence-electron chi connectivity index (χ3n) is 2.75. The minimum atomic E-state index is 0.481. The molecule has 86 valence electrons. The van der Waals surface area contributed by atoms with Gasteiger partial charge in [-0.3, -0.25) is 0 Å². The Labute approximate surface area is 102 Å². The zero-order chi connectivity index (χ0) is 11.9. The van der Waals surface area contributed by atoms with E-state index in [0.29, 0.717) is 23.3 Å². The van der Waals surface area contributed by atoms with Gasteiger partial charge >= 0.3 is 0 Å². The third kappa shape index (κ3) is 1.31. The Morgan fingerprint density at radius 1 is 0.889 bits per heavy atom. The van der Waals surface area contributed by atoms with Crippen LogP contribution in [-0.4, -0.2) is 15.0 Å².